The zero-order chi connectivity index (χ0) is 18.1. The van der Waals surface area contributed by atoms with Gasteiger partial charge in [-0.2, -0.15) is 0 Å². The summed E-state index contributed by atoms with van der Waals surface area (Å²) in [6.07, 6.45) is 0. The number of aromatic nitrogens is 1. The molecule has 0 N–H and O–H groups in total. The van der Waals surface area contributed by atoms with Crippen LogP contribution in [0.2, 0.25) is 0 Å². The van der Waals surface area contributed by atoms with E-state index in [0.29, 0.717) is 24.4 Å². The van der Waals surface area contributed by atoms with Crippen LogP contribution in [-0.4, -0.2) is 49.1 Å². The Morgan fingerprint density at radius 2 is 1.81 bits per heavy atom. The van der Waals surface area contributed by atoms with E-state index in [1.165, 1.54) is 0 Å². The molecule has 6 heteroatoms. The van der Waals surface area contributed by atoms with Crippen molar-refractivity contribution in [1.82, 2.24) is 9.88 Å². The number of rotatable bonds is 3. The highest BCUT2D eigenvalue weighted by molar-refractivity contribution is 5.95. The Morgan fingerprint density at radius 3 is 2.50 bits per heavy atom. The van der Waals surface area contributed by atoms with Crippen LogP contribution in [0.25, 0.3) is 11.1 Å². The minimum absolute atomic E-state index is 0.0740. The molecule has 4 rings (SSSR count). The molecule has 0 radical (unpaired) electrons. The van der Waals surface area contributed by atoms with Crippen LogP contribution >= 0.6 is 0 Å². The van der Waals surface area contributed by atoms with Crippen molar-refractivity contribution < 1.29 is 13.9 Å². The molecule has 0 unspecified atom stereocenters. The third kappa shape index (κ3) is 3.10. The molecule has 0 bridgehead atoms. The number of amides is 1. The van der Waals surface area contributed by atoms with Crippen molar-refractivity contribution in [2.45, 2.75) is 6.92 Å². The van der Waals surface area contributed by atoms with Crippen LogP contribution in [0.1, 0.15) is 16.2 Å². The maximum atomic E-state index is 12.8. The van der Waals surface area contributed by atoms with E-state index in [1.807, 2.05) is 48.2 Å². The largest absolute Gasteiger partial charge is 0.497 e. The first-order chi connectivity index (χ1) is 12.6. The number of nitrogens with zero attached hydrogens (tertiary/aromatic N) is 3. The van der Waals surface area contributed by atoms with Crippen LogP contribution in [0.3, 0.4) is 0 Å². The number of fused-ring (bicyclic) bond motifs is 1. The average Bonchev–Trinajstić information content (AvgIpc) is 3.11. The second-order valence-corrected chi connectivity index (χ2v) is 6.42. The number of carbonyl (C=O) groups is 1. The topological polar surface area (TPSA) is 58.8 Å². The van der Waals surface area contributed by atoms with Crippen LogP contribution in [0.15, 0.2) is 46.9 Å². The molecule has 1 aromatic carbocycles. The smallest absolute Gasteiger partial charge is 0.289 e. The van der Waals surface area contributed by atoms with Gasteiger partial charge < -0.3 is 19.0 Å². The van der Waals surface area contributed by atoms with Crippen molar-refractivity contribution in [3.8, 4) is 5.75 Å². The fourth-order valence-corrected chi connectivity index (χ4v) is 3.25. The molecule has 0 saturated carbocycles. The highest BCUT2D eigenvalue weighted by atomic mass is 16.5. The van der Waals surface area contributed by atoms with E-state index in [4.69, 9.17) is 9.15 Å². The van der Waals surface area contributed by atoms with Gasteiger partial charge in [-0.05, 0) is 43.3 Å². The van der Waals surface area contributed by atoms with Crippen LogP contribution in [0.4, 0.5) is 5.69 Å². The van der Waals surface area contributed by atoms with Gasteiger partial charge >= 0.3 is 0 Å². The molecule has 1 fully saturated rings. The maximum absolute atomic E-state index is 12.8. The number of ether oxygens (including phenoxy) is 1. The number of furan rings is 1. The van der Waals surface area contributed by atoms with Crippen LogP contribution in [0.5, 0.6) is 5.75 Å². The van der Waals surface area contributed by atoms with Crippen LogP contribution in [-0.2, 0) is 0 Å². The summed E-state index contributed by atoms with van der Waals surface area (Å²) < 4.78 is 10.9. The maximum Gasteiger partial charge on any atom is 0.289 e. The Labute approximate surface area is 152 Å². The molecule has 0 aliphatic carbocycles. The number of carbonyl (C=O) groups excluding carboxylic acids is 1. The van der Waals surface area contributed by atoms with Gasteiger partial charge in [-0.3, -0.25) is 4.79 Å². The van der Waals surface area contributed by atoms with Crippen molar-refractivity contribution >= 4 is 22.7 Å². The van der Waals surface area contributed by atoms with Gasteiger partial charge in [0.1, 0.15) is 11.3 Å². The number of hydrogen-bond acceptors (Lipinski definition) is 5. The van der Waals surface area contributed by atoms with E-state index in [1.54, 1.807) is 13.2 Å². The summed E-state index contributed by atoms with van der Waals surface area (Å²) in [6, 6.07) is 13.5. The summed E-state index contributed by atoms with van der Waals surface area (Å²) in [6.45, 7) is 4.82. The minimum atomic E-state index is -0.0740. The fourth-order valence-electron chi connectivity index (χ4n) is 3.25. The van der Waals surface area contributed by atoms with Crippen molar-refractivity contribution in [3.05, 3.63) is 53.9 Å². The Kier molecular flexibility index (Phi) is 4.24. The first kappa shape index (κ1) is 16.4. The van der Waals surface area contributed by atoms with Gasteiger partial charge in [0.15, 0.2) is 11.3 Å². The quantitative estimate of drug-likeness (QED) is 0.726. The second-order valence-electron chi connectivity index (χ2n) is 6.42. The zero-order valence-corrected chi connectivity index (χ0v) is 14.9. The van der Waals surface area contributed by atoms with E-state index < -0.39 is 0 Å². The normalized spacial score (nSPS) is 14.7. The Hall–Kier alpha value is -3.02. The predicted molar refractivity (Wildman–Crippen MR) is 99.9 cm³/mol. The average molecular weight is 351 g/mol. The lowest BCUT2D eigenvalue weighted by atomic mass is 10.2. The molecule has 1 aliphatic rings. The van der Waals surface area contributed by atoms with Gasteiger partial charge in [0.05, 0.1) is 7.11 Å². The molecular weight excluding hydrogens is 330 g/mol. The summed E-state index contributed by atoms with van der Waals surface area (Å²) in [5.74, 6) is 1.13. The second kappa shape index (κ2) is 6.71. The van der Waals surface area contributed by atoms with Crippen molar-refractivity contribution in [2.75, 3.05) is 38.2 Å². The van der Waals surface area contributed by atoms with Crippen LogP contribution in [0, 0.1) is 6.92 Å². The number of anilines is 1. The van der Waals surface area contributed by atoms with Gasteiger partial charge in [0.2, 0.25) is 0 Å². The third-order valence-electron chi connectivity index (χ3n) is 4.73. The predicted octanol–water partition coefficient (Wildman–Crippen LogP) is 3.11. The number of aryl methyl sites for hydroxylation is 1. The zero-order valence-electron chi connectivity index (χ0n) is 14.9. The summed E-state index contributed by atoms with van der Waals surface area (Å²) in [5, 5.41) is 0. The first-order valence-corrected chi connectivity index (χ1v) is 8.69. The molecular formula is C20H21N3O3. The summed E-state index contributed by atoms with van der Waals surface area (Å²) in [7, 11) is 1.66. The molecule has 3 heterocycles. The minimum Gasteiger partial charge on any atom is -0.497 e. The number of pyridine rings is 1. The molecule has 1 amide bonds. The summed E-state index contributed by atoms with van der Waals surface area (Å²) in [5.41, 5.74) is 3.42. The molecule has 1 aliphatic heterocycles. The van der Waals surface area contributed by atoms with Crippen LogP contribution < -0.4 is 9.64 Å². The van der Waals surface area contributed by atoms with E-state index in [2.05, 4.69) is 9.88 Å². The van der Waals surface area contributed by atoms with E-state index in [9.17, 15) is 4.79 Å². The summed E-state index contributed by atoms with van der Waals surface area (Å²) in [4.78, 5) is 21.3. The SMILES string of the molecule is COc1ccc(N2CCN(C(=O)c3cc4nc(C)ccc4o3)CC2)cc1. The number of methoxy groups -OCH3 is 1. The van der Waals surface area contributed by atoms with E-state index in [-0.39, 0.29) is 5.91 Å². The monoisotopic (exact) mass is 351 g/mol. The van der Waals surface area contributed by atoms with Crippen molar-refractivity contribution in [1.29, 1.82) is 0 Å². The van der Waals surface area contributed by atoms with Gasteiger partial charge in [-0.25, -0.2) is 4.98 Å². The molecule has 0 spiro atoms. The molecule has 134 valence electrons. The molecule has 1 saturated heterocycles. The number of hydrogen-bond donors (Lipinski definition) is 0. The van der Waals surface area contributed by atoms with E-state index >= 15 is 0 Å². The fraction of sp³-hybridized carbons (Fsp3) is 0.300. The Balaban J connectivity index is 1.43. The lowest BCUT2D eigenvalue weighted by molar-refractivity contribution is 0.0717. The van der Waals surface area contributed by atoms with Crippen molar-refractivity contribution in [3.63, 3.8) is 0 Å². The molecule has 3 aromatic rings. The third-order valence-corrected chi connectivity index (χ3v) is 4.73. The van der Waals surface area contributed by atoms with Gasteiger partial charge in [0.25, 0.3) is 5.91 Å². The summed E-state index contributed by atoms with van der Waals surface area (Å²) >= 11 is 0. The number of piperazine rings is 1. The molecule has 26 heavy (non-hydrogen) atoms. The number of benzene rings is 1. The lowest BCUT2D eigenvalue weighted by Gasteiger charge is -2.35. The van der Waals surface area contributed by atoms with E-state index in [0.717, 1.165) is 35.7 Å². The van der Waals surface area contributed by atoms with Crippen molar-refractivity contribution in [2.24, 2.45) is 0 Å². The highest BCUT2D eigenvalue weighted by Crippen LogP contribution is 2.23. The Bertz CT molecular complexity index is 925. The van der Waals surface area contributed by atoms with Gasteiger partial charge in [0, 0.05) is 43.6 Å². The standard InChI is InChI=1S/C20H21N3O3/c1-14-3-8-18-17(21-14)13-19(26-18)20(24)23-11-9-22(10-12-23)15-4-6-16(25-2)7-5-15/h3-8,13H,9-12H2,1-2H3. The molecule has 0 atom stereocenters. The first-order valence-electron chi connectivity index (χ1n) is 8.69. The van der Waals surface area contributed by atoms with Gasteiger partial charge in [-0.15, -0.1) is 0 Å². The Morgan fingerprint density at radius 1 is 1.08 bits per heavy atom. The lowest BCUT2D eigenvalue weighted by Crippen LogP contribution is -2.48. The van der Waals surface area contributed by atoms with Gasteiger partial charge in [-0.1, -0.05) is 0 Å². The molecule has 6 nitrogen and oxygen atoms in total. The molecule has 2 aromatic heterocycles. The highest BCUT2D eigenvalue weighted by Gasteiger charge is 2.25.